The van der Waals surface area contributed by atoms with Crippen LogP contribution in [0, 0.1) is 17.8 Å². The Morgan fingerprint density at radius 2 is 2.15 bits per heavy atom. The van der Waals surface area contributed by atoms with Crippen LogP contribution in [0.2, 0.25) is 0 Å². The predicted molar refractivity (Wildman–Crippen MR) is 82.7 cm³/mol. The first-order valence-electron chi connectivity index (χ1n) is 7.05. The molecule has 1 aromatic carbocycles. The largest absolute Gasteiger partial charge is 0.497 e. The number of ether oxygens (including phenoxy) is 1. The van der Waals surface area contributed by atoms with Gasteiger partial charge in [0, 0.05) is 18.7 Å². The highest BCUT2D eigenvalue weighted by molar-refractivity contribution is 5.45. The van der Waals surface area contributed by atoms with Crippen molar-refractivity contribution in [1.82, 2.24) is 4.90 Å². The van der Waals surface area contributed by atoms with Crippen LogP contribution < -0.4 is 4.74 Å². The molecule has 0 bridgehead atoms. The SMILES string of the molecule is CCC(C)CN(C)Cc1cc(OC)ccc1C#CCO. The number of nitrogens with zero attached hydrogens (tertiary/aromatic N) is 1. The lowest BCUT2D eigenvalue weighted by molar-refractivity contribution is 0.274. The standard InChI is InChI=1S/C17H25NO2/c1-5-14(2)12-18(3)13-16-11-17(20-4)9-8-15(16)7-6-10-19/h8-9,11,14,19H,5,10,12-13H2,1-4H3. The highest BCUT2D eigenvalue weighted by Crippen LogP contribution is 2.19. The van der Waals surface area contributed by atoms with Gasteiger partial charge in [-0.05, 0) is 36.7 Å². The average molecular weight is 275 g/mol. The van der Waals surface area contributed by atoms with Crippen LogP contribution in [0.3, 0.4) is 0 Å². The van der Waals surface area contributed by atoms with E-state index < -0.39 is 0 Å². The molecule has 0 amide bonds. The van der Waals surface area contributed by atoms with Gasteiger partial charge in [0.2, 0.25) is 0 Å². The fourth-order valence-electron chi connectivity index (χ4n) is 2.10. The topological polar surface area (TPSA) is 32.7 Å². The van der Waals surface area contributed by atoms with Crippen molar-refractivity contribution in [2.75, 3.05) is 27.3 Å². The molecule has 0 radical (unpaired) electrons. The lowest BCUT2D eigenvalue weighted by Gasteiger charge is -2.21. The third kappa shape index (κ3) is 5.24. The number of aliphatic hydroxyl groups excluding tert-OH is 1. The molecular formula is C17H25NO2. The van der Waals surface area contributed by atoms with E-state index in [9.17, 15) is 0 Å². The molecule has 0 saturated heterocycles. The quantitative estimate of drug-likeness (QED) is 0.810. The summed E-state index contributed by atoms with van der Waals surface area (Å²) in [6, 6.07) is 5.88. The maximum Gasteiger partial charge on any atom is 0.119 e. The third-order valence-electron chi connectivity index (χ3n) is 3.38. The maximum atomic E-state index is 8.84. The van der Waals surface area contributed by atoms with Gasteiger partial charge in [0.1, 0.15) is 12.4 Å². The molecule has 0 heterocycles. The van der Waals surface area contributed by atoms with Crippen molar-refractivity contribution >= 4 is 0 Å². The van der Waals surface area contributed by atoms with E-state index in [4.69, 9.17) is 9.84 Å². The summed E-state index contributed by atoms with van der Waals surface area (Å²) < 4.78 is 5.28. The number of hydrogen-bond donors (Lipinski definition) is 1. The molecule has 0 aliphatic rings. The molecule has 1 rings (SSSR count). The molecule has 0 aromatic heterocycles. The Morgan fingerprint density at radius 3 is 2.75 bits per heavy atom. The summed E-state index contributed by atoms with van der Waals surface area (Å²) in [5.41, 5.74) is 2.09. The second kappa shape index (κ2) is 8.63. The Hall–Kier alpha value is -1.50. The first kappa shape index (κ1) is 16.6. The van der Waals surface area contributed by atoms with Gasteiger partial charge < -0.3 is 14.7 Å². The lowest BCUT2D eigenvalue weighted by atomic mass is 10.1. The molecule has 0 saturated carbocycles. The average Bonchev–Trinajstić information content (AvgIpc) is 2.45. The minimum Gasteiger partial charge on any atom is -0.497 e. The summed E-state index contributed by atoms with van der Waals surface area (Å²) in [6.07, 6.45) is 1.18. The zero-order chi connectivity index (χ0) is 15.0. The summed E-state index contributed by atoms with van der Waals surface area (Å²) in [7, 11) is 3.79. The highest BCUT2D eigenvalue weighted by Gasteiger charge is 2.09. The van der Waals surface area contributed by atoms with Crippen molar-refractivity contribution in [3.05, 3.63) is 29.3 Å². The van der Waals surface area contributed by atoms with E-state index in [1.165, 1.54) is 6.42 Å². The van der Waals surface area contributed by atoms with Gasteiger partial charge in [0.25, 0.3) is 0 Å². The lowest BCUT2D eigenvalue weighted by Crippen LogP contribution is -2.24. The zero-order valence-electron chi connectivity index (χ0n) is 12.9. The Kier molecular flexibility index (Phi) is 7.14. The van der Waals surface area contributed by atoms with Gasteiger partial charge in [0.15, 0.2) is 0 Å². The number of benzene rings is 1. The molecule has 20 heavy (non-hydrogen) atoms. The Bertz CT molecular complexity index is 474. The monoisotopic (exact) mass is 275 g/mol. The molecule has 0 fully saturated rings. The van der Waals surface area contributed by atoms with Crippen LogP contribution in [0.15, 0.2) is 18.2 Å². The van der Waals surface area contributed by atoms with Crippen LogP contribution in [0.5, 0.6) is 5.75 Å². The van der Waals surface area contributed by atoms with Crippen molar-refractivity contribution in [2.45, 2.75) is 26.8 Å². The Morgan fingerprint density at radius 1 is 1.40 bits per heavy atom. The normalized spacial score (nSPS) is 11.9. The predicted octanol–water partition coefficient (Wildman–Crippen LogP) is 2.52. The zero-order valence-corrected chi connectivity index (χ0v) is 12.9. The Labute approximate surface area is 122 Å². The van der Waals surface area contributed by atoms with E-state index in [0.717, 1.165) is 30.0 Å². The van der Waals surface area contributed by atoms with E-state index in [-0.39, 0.29) is 6.61 Å². The molecule has 0 aliphatic heterocycles. The van der Waals surface area contributed by atoms with E-state index >= 15 is 0 Å². The van der Waals surface area contributed by atoms with E-state index in [0.29, 0.717) is 5.92 Å². The van der Waals surface area contributed by atoms with Crippen LogP contribution in [0.4, 0.5) is 0 Å². The molecule has 1 aromatic rings. The van der Waals surface area contributed by atoms with Crippen LogP contribution in [-0.4, -0.2) is 37.3 Å². The molecule has 1 unspecified atom stereocenters. The van der Waals surface area contributed by atoms with Gasteiger partial charge in [-0.25, -0.2) is 0 Å². The molecule has 110 valence electrons. The van der Waals surface area contributed by atoms with Crippen LogP contribution in [0.1, 0.15) is 31.4 Å². The molecule has 0 spiro atoms. The van der Waals surface area contributed by atoms with Gasteiger partial charge in [-0.2, -0.15) is 0 Å². The highest BCUT2D eigenvalue weighted by atomic mass is 16.5. The first-order valence-corrected chi connectivity index (χ1v) is 7.05. The summed E-state index contributed by atoms with van der Waals surface area (Å²) in [6.45, 7) is 6.24. The fourth-order valence-corrected chi connectivity index (χ4v) is 2.10. The molecule has 3 nitrogen and oxygen atoms in total. The smallest absolute Gasteiger partial charge is 0.119 e. The number of hydrogen-bond acceptors (Lipinski definition) is 3. The van der Waals surface area contributed by atoms with Gasteiger partial charge in [-0.3, -0.25) is 0 Å². The number of aliphatic hydroxyl groups is 1. The van der Waals surface area contributed by atoms with Crippen LogP contribution in [-0.2, 0) is 6.54 Å². The second-order valence-corrected chi connectivity index (χ2v) is 5.19. The van der Waals surface area contributed by atoms with Crippen molar-refractivity contribution in [3.8, 4) is 17.6 Å². The summed E-state index contributed by atoms with van der Waals surface area (Å²) >= 11 is 0. The van der Waals surface area contributed by atoms with Gasteiger partial charge in [0.05, 0.1) is 7.11 Å². The van der Waals surface area contributed by atoms with Crippen molar-refractivity contribution in [2.24, 2.45) is 5.92 Å². The third-order valence-corrected chi connectivity index (χ3v) is 3.38. The van der Waals surface area contributed by atoms with Crippen molar-refractivity contribution < 1.29 is 9.84 Å². The summed E-state index contributed by atoms with van der Waals surface area (Å²) in [5, 5.41) is 8.84. The molecular weight excluding hydrogens is 250 g/mol. The fraction of sp³-hybridized carbons (Fsp3) is 0.529. The van der Waals surface area contributed by atoms with E-state index in [1.54, 1.807) is 7.11 Å². The van der Waals surface area contributed by atoms with Gasteiger partial charge in [-0.15, -0.1) is 0 Å². The summed E-state index contributed by atoms with van der Waals surface area (Å²) in [4.78, 5) is 2.30. The molecule has 3 heteroatoms. The van der Waals surface area contributed by atoms with Crippen LogP contribution >= 0.6 is 0 Å². The molecule has 1 atom stereocenters. The second-order valence-electron chi connectivity index (χ2n) is 5.19. The number of rotatable bonds is 6. The van der Waals surface area contributed by atoms with Crippen molar-refractivity contribution in [1.29, 1.82) is 0 Å². The first-order chi connectivity index (χ1) is 9.60. The van der Waals surface area contributed by atoms with E-state index in [2.05, 4.69) is 37.6 Å². The summed E-state index contributed by atoms with van der Waals surface area (Å²) in [5.74, 6) is 7.24. The molecule has 1 N–H and O–H groups in total. The van der Waals surface area contributed by atoms with Gasteiger partial charge in [-0.1, -0.05) is 32.1 Å². The molecule has 0 aliphatic carbocycles. The van der Waals surface area contributed by atoms with E-state index in [1.807, 2.05) is 18.2 Å². The van der Waals surface area contributed by atoms with Crippen LogP contribution in [0.25, 0.3) is 0 Å². The maximum absolute atomic E-state index is 8.84. The minimum absolute atomic E-state index is 0.117. The van der Waals surface area contributed by atoms with Gasteiger partial charge >= 0.3 is 0 Å². The number of methoxy groups -OCH3 is 1. The minimum atomic E-state index is -0.117. The Balaban J connectivity index is 2.89. The van der Waals surface area contributed by atoms with Crippen molar-refractivity contribution in [3.63, 3.8) is 0 Å².